The van der Waals surface area contributed by atoms with Crippen LogP contribution >= 0.6 is 0 Å². The molecule has 9 nitrogen and oxygen atoms in total. The van der Waals surface area contributed by atoms with E-state index >= 15 is 0 Å². The highest BCUT2D eigenvalue weighted by Gasteiger charge is 2.26. The highest BCUT2D eigenvalue weighted by Crippen LogP contribution is 2.28. The molecule has 4 aromatic rings. The van der Waals surface area contributed by atoms with Crippen molar-refractivity contribution < 1.29 is 27.4 Å². The molecule has 3 heterocycles. The van der Waals surface area contributed by atoms with E-state index in [4.69, 9.17) is 9.47 Å². The average molecular weight is 527 g/mol. The molecule has 0 saturated carbocycles. The third-order valence-corrected chi connectivity index (χ3v) is 6.36. The average Bonchev–Trinajstić information content (AvgIpc) is 3.34. The summed E-state index contributed by atoms with van der Waals surface area (Å²) in [5.74, 6) is -1.72. The summed E-state index contributed by atoms with van der Waals surface area (Å²) >= 11 is 0. The molecule has 38 heavy (non-hydrogen) atoms. The van der Waals surface area contributed by atoms with Crippen molar-refractivity contribution in [1.82, 2.24) is 25.1 Å². The lowest BCUT2D eigenvalue weighted by molar-refractivity contribution is 0.0284. The highest BCUT2D eigenvalue weighted by molar-refractivity contribution is 5.98. The fourth-order valence-corrected chi connectivity index (χ4v) is 4.35. The first kappa shape index (κ1) is 25.5. The molecule has 2 N–H and O–H groups in total. The van der Waals surface area contributed by atoms with Crippen LogP contribution in [0.25, 0.3) is 10.9 Å². The molecule has 1 aliphatic rings. The number of nitrogens with one attached hydrogen (secondary N) is 2. The summed E-state index contributed by atoms with van der Waals surface area (Å²) in [6, 6.07) is 5.53. The Morgan fingerprint density at radius 1 is 1.18 bits per heavy atom. The predicted octanol–water partition coefficient (Wildman–Crippen LogP) is 3.71. The number of amides is 1. The zero-order chi connectivity index (χ0) is 26.8. The van der Waals surface area contributed by atoms with Crippen LogP contribution in [0.3, 0.4) is 0 Å². The number of hydrogen-bond donors (Lipinski definition) is 2. The van der Waals surface area contributed by atoms with E-state index in [9.17, 15) is 18.0 Å². The van der Waals surface area contributed by atoms with Gasteiger partial charge in [0.25, 0.3) is 5.91 Å². The minimum Gasteiger partial charge on any atom is -0.494 e. The number of fused-ring (bicyclic) bond motifs is 1. The molecule has 3 atom stereocenters. The van der Waals surface area contributed by atoms with E-state index in [0.717, 1.165) is 6.07 Å². The maximum absolute atomic E-state index is 14.9. The molecule has 2 aromatic carbocycles. The molecule has 2 aromatic heterocycles. The monoisotopic (exact) mass is 526 g/mol. The van der Waals surface area contributed by atoms with Crippen molar-refractivity contribution >= 4 is 22.8 Å². The van der Waals surface area contributed by atoms with Crippen LogP contribution in [0, 0.1) is 11.6 Å². The number of halogens is 3. The third kappa shape index (κ3) is 5.25. The second-order valence-electron chi connectivity index (χ2n) is 8.96. The molecular formula is C26H25F3N6O3. The molecule has 0 radical (unpaired) electrons. The first-order chi connectivity index (χ1) is 18.3. The molecule has 0 spiro atoms. The Kier molecular flexibility index (Phi) is 7.14. The Hall–Kier alpha value is -4.19. The van der Waals surface area contributed by atoms with Crippen molar-refractivity contribution in [2.45, 2.75) is 24.7 Å². The number of hydrogen-bond acceptors (Lipinski definition) is 7. The molecule has 12 heteroatoms. The normalized spacial score (nSPS) is 18.2. The Morgan fingerprint density at radius 2 is 2.03 bits per heavy atom. The van der Waals surface area contributed by atoms with Gasteiger partial charge in [0.15, 0.2) is 11.6 Å². The molecule has 1 unspecified atom stereocenters. The summed E-state index contributed by atoms with van der Waals surface area (Å²) in [4.78, 5) is 21.7. The standard InChI is InChI=1S/C26H25F3N6O3/c1-35-12-16(10-31-35)24(14-3-4-23(37-2)19(28)7-14)34-25(36)15-8-18(27)17-11-30-26(33-22(17)9-15)32-21-5-6-38-13-20(21)29/h3-4,7-12,20-21,24H,5-6,13H2,1-2H3,(H,34,36)(H,30,32,33)/t20-,21+,24?/m0/s1. The van der Waals surface area contributed by atoms with E-state index in [1.165, 1.54) is 31.5 Å². The smallest absolute Gasteiger partial charge is 0.252 e. The Morgan fingerprint density at radius 3 is 2.74 bits per heavy atom. The predicted molar refractivity (Wildman–Crippen MR) is 133 cm³/mol. The minimum absolute atomic E-state index is 0.00282. The van der Waals surface area contributed by atoms with E-state index < -0.39 is 35.8 Å². The van der Waals surface area contributed by atoms with Crippen LogP contribution in [-0.4, -0.2) is 58.2 Å². The van der Waals surface area contributed by atoms with Gasteiger partial charge in [-0.05, 0) is 36.2 Å². The van der Waals surface area contributed by atoms with Crippen LogP contribution < -0.4 is 15.4 Å². The van der Waals surface area contributed by atoms with Crippen molar-refractivity contribution in [2.24, 2.45) is 7.05 Å². The van der Waals surface area contributed by atoms with Crippen molar-refractivity contribution in [3.63, 3.8) is 0 Å². The number of carbonyl (C=O) groups is 1. The van der Waals surface area contributed by atoms with Gasteiger partial charge in [0.05, 0.1) is 42.9 Å². The Bertz CT molecular complexity index is 1480. The quantitative estimate of drug-likeness (QED) is 0.379. The number of alkyl halides is 1. The van der Waals surface area contributed by atoms with Gasteiger partial charge in [-0.25, -0.2) is 23.1 Å². The second-order valence-corrected chi connectivity index (χ2v) is 8.96. The number of rotatable bonds is 7. The number of ether oxygens (including phenoxy) is 2. The number of nitrogens with zero attached hydrogens (tertiary/aromatic N) is 4. The number of carbonyl (C=O) groups excluding carboxylic acids is 1. The lowest BCUT2D eigenvalue weighted by atomic mass is 10.0. The SMILES string of the molecule is COc1ccc(C(NC(=O)c2cc(F)c3cnc(N[C@@H]4CCOC[C@@H]4F)nc3c2)c2cnn(C)c2)cc1F. The number of methoxy groups -OCH3 is 1. The lowest BCUT2D eigenvalue weighted by Gasteiger charge is -2.26. The fraction of sp³-hybridized carbons (Fsp3) is 0.308. The minimum atomic E-state index is -1.23. The lowest BCUT2D eigenvalue weighted by Crippen LogP contribution is -2.39. The fourth-order valence-electron chi connectivity index (χ4n) is 4.35. The molecule has 198 valence electrons. The van der Waals surface area contributed by atoms with Crippen LogP contribution in [0.5, 0.6) is 5.75 Å². The molecule has 1 aliphatic heterocycles. The molecule has 5 rings (SSSR count). The van der Waals surface area contributed by atoms with Gasteiger partial charge >= 0.3 is 0 Å². The molecule has 1 amide bonds. The van der Waals surface area contributed by atoms with Crippen LogP contribution in [0.1, 0.15) is 33.9 Å². The van der Waals surface area contributed by atoms with E-state index in [1.807, 2.05) is 0 Å². The number of anilines is 1. The highest BCUT2D eigenvalue weighted by atomic mass is 19.1. The first-order valence-electron chi connectivity index (χ1n) is 11.9. The van der Waals surface area contributed by atoms with Crippen LogP contribution in [0.2, 0.25) is 0 Å². The van der Waals surface area contributed by atoms with Gasteiger partial charge in [-0.2, -0.15) is 5.10 Å². The van der Waals surface area contributed by atoms with Gasteiger partial charge in [-0.3, -0.25) is 9.48 Å². The van der Waals surface area contributed by atoms with E-state index in [-0.39, 0.29) is 34.8 Å². The zero-order valence-electron chi connectivity index (χ0n) is 20.6. The Labute approximate surface area is 216 Å². The van der Waals surface area contributed by atoms with Crippen molar-refractivity contribution in [3.05, 3.63) is 77.2 Å². The van der Waals surface area contributed by atoms with Crippen molar-refractivity contribution in [1.29, 1.82) is 0 Å². The van der Waals surface area contributed by atoms with Gasteiger partial charge < -0.3 is 20.1 Å². The summed E-state index contributed by atoms with van der Waals surface area (Å²) < 4.78 is 55.3. The van der Waals surface area contributed by atoms with E-state index in [1.54, 1.807) is 30.2 Å². The molecule has 1 saturated heterocycles. The number of aryl methyl sites for hydroxylation is 1. The van der Waals surface area contributed by atoms with Crippen LogP contribution in [0.4, 0.5) is 19.1 Å². The van der Waals surface area contributed by atoms with Gasteiger partial charge in [0, 0.05) is 37.2 Å². The van der Waals surface area contributed by atoms with Crippen LogP contribution in [0.15, 0.2) is 48.9 Å². The largest absolute Gasteiger partial charge is 0.494 e. The van der Waals surface area contributed by atoms with Gasteiger partial charge in [0.1, 0.15) is 12.0 Å². The van der Waals surface area contributed by atoms with Crippen molar-refractivity contribution in [2.75, 3.05) is 25.6 Å². The van der Waals surface area contributed by atoms with Gasteiger partial charge in [-0.1, -0.05) is 6.07 Å². The second kappa shape index (κ2) is 10.7. The zero-order valence-corrected chi connectivity index (χ0v) is 20.6. The summed E-state index contributed by atoms with van der Waals surface area (Å²) in [6.07, 6.45) is 3.72. The molecule has 0 aliphatic carbocycles. The summed E-state index contributed by atoms with van der Waals surface area (Å²) in [7, 11) is 3.07. The van der Waals surface area contributed by atoms with Crippen molar-refractivity contribution in [3.8, 4) is 5.75 Å². The van der Waals surface area contributed by atoms with E-state index in [0.29, 0.717) is 24.2 Å². The van der Waals surface area contributed by atoms with Crippen LogP contribution in [-0.2, 0) is 11.8 Å². The Balaban J connectivity index is 1.44. The molecular weight excluding hydrogens is 501 g/mol. The maximum Gasteiger partial charge on any atom is 0.252 e. The van der Waals surface area contributed by atoms with Gasteiger partial charge in [0.2, 0.25) is 5.95 Å². The van der Waals surface area contributed by atoms with Gasteiger partial charge in [-0.15, -0.1) is 0 Å². The third-order valence-electron chi connectivity index (χ3n) is 6.36. The molecule has 0 bridgehead atoms. The molecule has 1 fully saturated rings. The summed E-state index contributed by atoms with van der Waals surface area (Å²) in [6.45, 7) is 0.376. The summed E-state index contributed by atoms with van der Waals surface area (Å²) in [5, 5.41) is 10.0. The first-order valence-corrected chi connectivity index (χ1v) is 11.9. The maximum atomic E-state index is 14.9. The number of aromatic nitrogens is 4. The topological polar surface area (TPSA) is 103 Å². The van der Waals surface area contributed by atoms with E-state index in [2.05, 4.69) is 25.7 Å². The number of benzene rings is 2. The summed E-state index contributed by atoms with van der Waals surface area (Å²) in [5.41, 5.74) is 1.20.